The van der Waals surface area contributed by atoms with Gasteiger partial charge in [0, 0.05) is 49.2 Å². The van der Waals surface area contributed by atoms with Gasteiger partial charge in [-0.05, 0) is 85.6 Å². The highest BCUT2D eigenvalue weighted by atomic mass is 19.4. The number of ether oxygens (including phenoxy) is 2. The van der Waals surface area contributed by atoms with E-state index in [0.717, 1.165) is 31.7 Å². The minimum atomic E-state index is -4.53. The molecule has 3 amide bonds. The summed E-state index contributed by atoms with van der Waals surface area (Å²) >= 11 is 0. The van der Waals surface area contributed by atoms with Gasteiger partial charge in [0.25, 0.3) is 0 Å². The SMILES string of the molecule is C[C@@H](OCc1cc(F)cc(-c2cc(N)nn2-c2ccccc2)c1)C(F)(F)F.C[C@@H](OCc1cc(F)cc(-c2cc(NC(=O)[C@@H]3CNC(=O)C3)nn2-c2ccccc2)c1)C(F)(F)F.O=C1C[C@H](C(=O)O)CN1. The molecule has 0 saturated carbocycles. The first kappa shape index (κ1) is 52.7. The predicted molar refractivity (Wildman–Crippen MR) is 241 cm³/mol. The van der Waals surface area contributed by atoms with E-state index in [2.05, 4.69) is 26.1 Å². The van der Waals surface area contributed by atoms with E-state index in [-0.39, 0.29) is 73.0 Å². The number of amides is 3. The molecule has 23 heteroatoms. The minimum Gasteiger partial charge on any atom is -0.481 e. The maximum atomic E-state index is 14.4. The van der Waals surface area contributed by atoms with Crippen molar-refractivity contribution in [3.63, 3.8) is 0 Å². The second kappa shape index (κ2) is 22.8. The molecule has 4 atom stereocenters. The number of aliphatic carboxylic acids is 1. The molecule has 6 N–H and O–H groups in total. The summed E-state index contributed by atoms with van der Waals surface area (Å²) in [6.07, 6.45) is -12.8. The van der Waals surface area contributed by atoms with Gasteiger partial charge in [-0.3, -0.25) is 19.2 Å². The van der Waals surface area contributed by atoms with Crippen LogP contribution in [0.15, 0.2) is 109 Å². The third-order valence-electron chi connectivity index (χ3n) is 10.8. The number of nitrogens with one attached hydrogen (secondary N) is 3. The summed E-state index contributed by atoms with van der Waals surface area (Å²) in [5.74, 6) is -3.54. The standard InChI is InChI=1S/C24H22F4N4O3.C19H17F4N3O.C5H7NO3/c1-14(24(26,27)28)35-13-15-7-16(9-18(25)8-15)20-11-21(30-23(34)17-10-22(33)29-12-17)31-32(20)19-5-3-2-4-6-19;1-12(19(21,22)23)27-11-13-7-14(9-15(20)8-13)17-10-18(24)25-26(17)16-5-3-2-4-6-16;7-4-1-3(2-6-4)5(8)9/h2-9,11,14,17H,10,12-13H2,1H3,(H,29,33)(H,30,31,34);2-10,12H,11H2,1H3,(H2,24,25);3H,1-2H2,(H,6,7)(H,8,9)/t14-,17+;12-;3-/m110/s1. The van der Waals surface area contributed by atoms with Crippen LogP contribution in [0.25, 0.3) is 33.9 Å². The van der Waals surface area contributed by atoms with E-state index in [0.29, 0.717) is 28.2 Å². The molecule has 0 bridgehead atoms. The van der Waals surface area contributed by atoms with Crippen molar-refractivity contribution in [3.05, 3.63) is 132 Å². The number of alkyl halides is 6. The average molecular weight is 999 g/mol. The molecular formula is C48H46F8N8O7. The van der Waals surface area contributed by atoms with E-state index in [4.69, 9.17) is 20.3 Å². The van der Waals surface area contributed by atoms with Crippen molar-refractivity contribution in [3.8, 4) is 33.9 Å². The van der Waals surface area contributed by atoms with Crippen LogP contribution in [0, 0.1) is 23.5 Å². The van der Waals surface area contributed by atoms with Gasteiger partial charge in [-0.1, -0.05) is 36.4 Å². The van der Waals surface area contributed by atoms with Crippen LogP contribution in [0.4, 0.5) is 46.8 Å². The summed E-state index contributed by atoms with van der Waals surface area (Å²) in [4.78, 5) is 44.5. The van der Waals surface area contributed by atoms with Crippen LogP contribution in [-0.4, -0.2) is 86.0 Å². The fourth-order valence-electron chi connectivity index (χ4n) is 6.98. The first-order chi connectivity index (χ1) is 33.5. The van der Waals surface area contributed by atoms with E-state index < -0.39 is 60.6 Å². The number of carboxylic acid groups (broad SMARTS) is 1. The summed E-state index contributed by atoms with van der Waals surface area (Å²) in [5, 5.41) is 24.7. The first-order valence-electron chi connectivity index (χ1n) is 21.6. The number of nitrogens with two attached hydrogens (primary N) is 1. The molecule has 2 saturated heterocycles. The largest absolute Gasteiger partial charge is 0.481 e. The fraction of sp³-hybridized carbons (Fsp3) is 0.292. The number of nitrogens with zero attached hydrogens (tertiary/aromatic N) is 4. The number of hydrogen-bond donors (Lipinski definition) is 5. The van der Waals surface area contributed by atoms with E-state index >= 15 is 0 Å². The number of rotatable bonds is 13. The van der Waals surface area contributed by atoms with Crippen molar-refractivity contribution in [2.45, 2.75) is 64.5 Å². The number of halogens is 8. The second-order valence-electron chi connectivity index (χ2n) is 16.3. The summed E-state index contributed by atoms with van der Waals surface area (Å²) < 4.78 is 117. The van der Waals surface area contributed by atoms with Crippen LogP contribution >= 0.6 is 0 Å². The highest BCUT2D eigenvalue weighted by Gasteiger charge is 2.38. The molecule has 2 aliphatic rings. The zero-order valence-corrected chi connectivity index (χ0v) is 37.7. The number of benzene rings is 4. The lowest BCUT2D eigenvalue weighted by molar-refractivity contribution is -0.217. The highest BCUT2D eigenvalue weighted by Crippen LogP contribution is 2.31. The number of anilines is 2. The van der Waals surface area contributed by atoms with Crippen molar-refractivity contribution >= 4 is 35.3 Å². The average Bonchev–Trinajstić information content (AvgIpc) is 4.15. The molecule has 0 aliphatic carbocycles. The fourth-order valence-corrected chi connectivity index (χ4v) is 6.98. The van der Waals surface area contributed by atoms with Gasteiger partial charge in [0.1, 0.15) is 17.5 Å². The number of aromatic nitrogens is 4. The third-order valence-corrected chi connectivity index (χ3v) is 10.8. The van der Waals surface area contributed by atoms with Crippen molar-refractivity contribution in [2.75, 3.05) is 24.1 Å². The first-order valence-corrected chi connectivity index (χ1v) is 21.6. The van der Waals surface area contributed by atoms with E-state index in [1.807, 2.05) is 30.3 Å². The number of carbonyl (C=O) groups excluding carboxylic acids is 3. The van der Waals surface area contributed by atoms with Crippen LogP contribution < -0.4 is 21.7 Å². The number of carbonyl (C=O) groups is 4. The topological polar surface area (TPSA) is 205 Å². The molecule has 2 aliphatic heterocycles. The predicted octanol–water partition coefficient (Wildman–Crippen LogP) is 8.16. The second-order valence-corrected chi connectivity index (χ2v) is 16.3. The molecule has 4 aromatic carbocycles. The van der Waals surface area contributed by atoms with Crippen molar-refractivity contribution in [1.29, 1.82) is 0 Å². The van der Waals surface area contributed by atoms with E-state index in [1.54, 1.807) is 47.1 Å². The highest BCUT2D eigenvalue weighted by molar-refractivity contribution is 5.97. The maximum Gasteiger partial charge on any atom is 0.414 e. The van der Waals surface area contributed by atoms with Gasteiger partial charge < -0.3 is 36.3 Å². The van der Waals surface area contributed by atoms with Gasteiger partial charge in [-0.15, -0.1) is 5.10 Å². The van der Waals surface area contributed by atoms with Gasteiger partial charge in [0.15, 0.2) is 18.0 Å². The monoisotopic (exact) mass is 998 g/mol. The Morgan fingerprint density at radius 1 is 0.690 bits per heavy atom. The molecule has 2 fully saturated rings. The van der Waals surface area contributed by atoms with Gasteiger partial charge in [-0.2, -0.15) is 31.4 Å². The van der Waals surface area contributed by atoms with E-state index in [1.165, 1.54) is 28.9 Å². The van der Waals surface area contributed by atoms with Gasteiger partial charge in [-0.25, -0.2) is 18.1 Å². The molecule has 6 aromatic rings. The Labute approximate surface area is 399 Å². The Morgan fingerprint density at radius 3 is 1.54 bits per heavy atom. The van der Waals surface area contributed by atoms with Crippen LogP contribution in [0.5, 0.6) is 0 Å². The normalized spacial score (nSPS) is 16.4. The summed E-state index contributed by atoms with van der Waals surface area (Å²) in [7, 11) is 0. The lowest BCUT2D eigenvalue weighted by Gasteiger charge is -2.16. The molecule has 2 aromatic heterocycles. The van der Waals surface area contributed by atoms with E-state index in [9.17, 15) is 54.3 Å². The molecule has 4 heterocycles. The van der Waals surface area contributed by atoms with Crippen LogP contribution in [0.1, 0.15) is 37.8 Å². The van der Waals surface area contributed by atoms with Crippen LogP contribution in [0.2, 0.25) is 0 Å². The summed E-state index contributed by atoms with van der Waals surface area (Å²) in [5.41, 5.74) is 9.30. The zero-order valence-electron chi connectivity index (χ0n) is 37.7. The van der Waals surface area contributed by atoms with Gasteiger partial charge in [0.05, 0.1) is 47.8 Å². The maximum absolute atomic E-state index is 14.4. The molecule has 376 valence electrons. The molecule has 71 heavy (non-hydrogen) atoms. The number of para-hydroxylation sites is 2. The third kappa shape index (κ3) is 14.7. The van der Waals surface area contributed by atoms with Crippen molar-refractivity contribution in [2.24, 2.45) is 11.8 Å². The zero-order chi connectivity index (χ0) is 51.6. The smallest absolute Gasteiger partial charge is 0.414 e. The van der Waals surface area contributed by atoms with Crippen LogP contribution in [-0.2, 0) is 41.9 Å². The number of hydrogen-bond acceptors (Lipinski definition) is 9. The lowest BCUT2D eigenvalue weighted by Crippen LogP contribution is -2.28. The molecule has 0 radical (unpaired) electrons. The summed E-state index contributed by atoms with van der Waals surface area (Å²) in [6.45, 7) is 1.48. The lowest BCUT2D eigenvalue weighted by atomic mass is 10.1. The van der Waals surface area contributed by atoms with Crippen molar-refractivity contribution in [1.82, 2.24) is 30.2 Å². The Kier molecular flexibility index (Phi) is 17.0. The number of carboxylic acids is 1. The minimum absolute atomic E-state index is 0.0711. The quantitative estimate of drug-likeness (QED) is 0.0703. The molecule has 8 rings (SSSR count). The van der Waals surface area contributed by atoms with Crippen LogP contribution in [0.3, 0.4) is 0 Å². The molecular weight excluding hydrogens is 953 g/mol. The van der Waals surface area contributed by atoms with Gasteiger partial charge in [0.2, 0.25) is 17.7 Å². The number of nitrogen functional groups attached to an aromatic ring is 1. The summed E-state index contributed by atoms with van der Waals surface area (Å²) in [6, 6.07) is 28.9. The Morgan fingerprint density at radius 2 is 1.13 bits per heavy atom. The molecule has 15 nitrogen and oxygen atoms in total. The Hall–Kier alpha value is -7.66. The Balaban J connectivity index is 0.000000202. The molecule has 0 spiro atoms. The van der Waals surface area contributed by atoms with Crippen molar-refractivity contribution < 1.29 is 68.9 Å². The molecule has 0 unspecified atom stereocenters. The van der Waals surface area contributed by atoms with Gasteiger partial charge >= 0.3 is 18.3 Å². The Bertz CT molecular complexity index is 2820.